The van der Waals surface area contributed by atoms with Gasteiger partial charge in [0.15, 0.2) is 0 Å². The van der Waals surface area contributed by atoms with Crippen molar-refractivity contribution in [2.45, 2.75) is 32.9 Å². The molecular weight excluding hydrogens is 308 g/mol. The average Bonchev–Trinajstić information content (AvgIpc) is 2.64. The topological polar surface area (TPSA) is 24.5 Å². The van der Waals surface area contributed by atoms with E-state index in [-0.39, 0.29) is 0 Å². The Hall–Kier alpha value is -1.84. The van der Waals surface area contributed by atoms with Crippen LogP contribution in [0, 0.1) is 12.8 Å². The molecule has 25 heavy (non-hydrogen) atoms. The van der Waals surface area contributed by atoms with Crippen LogP contribution in [0.1, 0.15) is 29.5 Å². The van der Waals surface area contributed by atoms with Crippen LogP contribution in [0.15, 0.2) is 48.5 Å². The molecule has 1 aliphatic heterocycles. The van der Waals surface area contributed by atoms with E-state index in [1.165, 1.54) is 42.6 Å². The second-order valence-electron chi connectivity index (χ2n) is 7.15. The van der Waals surface area contributed by atoms with Gasteiger partial charge in [0.2, 0.25) is 0 Å². The maximum Gasteiger partial charge on any atom is 0.123 e. The molecular formula is C22H30N2O. The van der Waals surface area contributed by atoms with Crippen molar-refractivity contribution in [1.82, 2.24) is 10.2 Å². The first-order valence-electron chi connectivity index (χ1n) is 9.35. The maximum atomic E-state index is 5.47. The number of para-hydroxylation sites is 1. The molecule has 0 spiro atoms. The Bertz CT molecular complexity index is 663. The predicted octanol–water partition coefficient (Wildman–Crippen LogP) is 4.01. The van der Waals surface area contributed by atoms with Gasteiger partial charge in [-0.15, -0.1) is 0 Å². The molecule has 3 nitrogen and oxygen atoms in total. The molecule has 3 rings (SSSR count). The SMILES string of the molecule is COc1ccccc1CN1CCC(CNCc2cccc(C)c2)CC1. The highest BCUT2D eigenvalue weighted by Crippen LogP contribution is 2.23. The Morgan fingerprint density at radius 2 is 1.88 bits per heavy atom. The van der Waals surface area contributed by atoms with Crippen molar-refractivity contribution in [3.8, 4) is 5.75 Å². The van der Waals surface area contributed by atoms with Gasteiger partial charge in [0.05, 0.1) is 7.11 Å². The van der Waals surface area contributed by atoms with Gasteiger partial charge in [0, 0.05) is 18.7 Å². The number of benzene rings is 2. The zero-order valence-electron chi connectivity index (χ0n) is 15.5. The van der Waals surface area contributed by atoms with Crippen molar-refractivity contribution in [2.75, 3.05) is 26.7 Å². The molecule has 0 aromatic heterocycles. The minimum absolute atomic E-state index is 0.790. The van der Waals surface area contributed by atoms with Crippen LogP contribution in [0.2, 0.25) is 0 Å². The van der Waals surface area contributed by atoms with E-state index in [2.05, 4.69) is 59.6 Å². The summed E-state index contributed by atoms with van der Waals surface area (Å²) in [5, 5.41) is 3.64. The number of aryl methyl sites for hydroxylation is 1. The summed E-state index contributed by atoms with van der Waals surface area (Å²) >= 11 is 0. The van der Waals surface area contributed by atoms with Gasteiger partial charge in [-0.3, -0.25) is 4.90 Å². The third-order valence-corrected chi connectivity index (χ3v) is 5.14. The van der Waals surface area contributed by atoms with Crippen molar-refractivity contribution < 1.29 is 4.74 Å². The fraction of sp³-hybridized carbons (Fsp3) is 0.455. The highest BCUT2D eigenvalue weighted by molar-refractivity contribution is 5.33. The van der Waals surface area contributed by atoms with E-state index in [0.29, 0.717) is 0 Å². The molecule has 1 aliphatic rings. The van der Waals surface area contributed by atoms with E-state index in [1.807, 2.05) is 6.07 Å². The van der Waals surface area contributed by atoms with E-state index >= 15 is 0 Å². The van der Waals surface area contributed by atoms with Gasteiger partial charge in [-0.1, -0.05) is 48.0 Å². The lowest BCUT2D eigenvalue weighted by Gasteiger charge is -2.32. The van der Waals surface area contributed by atoms with Gasteiger partial charge in [-0.25, -0.2) is 0 Å². The fourth-order valence-electron chi connectivity index (χ4n) is 3.67. The molecule has 0 saturated carbocycles. The smallest absolute Gasteiger partial charge is 0.123 e. The molecule has 1 saturated heterocycles. The average molecular weight is 338 g/mol. The Morgan fingerprint density at radius 3 is 2.64 bits per heavy atom. The molecule has 0 atom stereocenters. The number of piperidine rings is 1. The summed E-state index contributed by atoms with van der Waals surface area (Å²) in [6.07, 6.45) is 2.55. The van der Waals surface area contributed by atoms with Gasteiger partial charge in [-0.05, 0) is 56.9 Å². The minimum atomic E-state index is 0.790. The standard InChI is InChI=1S/C22H30N2O/c1-18-6-5-7-20(14-18)16-23-15-19-10-12-24(13-11-19)17-21-8-3-4-9-22(21)25-2/h3-9,14,19,23H,10-13,15-17H2,1-2H3. The van der Waals surface area contributed by atoms with Crippen molar-refractivity contribution in [1.29, 1.82) is 0 Å². The lowest BCUT2D eigenvalue weighted by Crippen LogP contribution is -2.36. The van der Waals surface area contributed by atoms with Crippen molar-refractivity contribution >= 4 is 0 Å². The van der Waals surface area contributed by atoms with E-state index < -0.39 is 0 Å². The van der Waals surface area contributed by atoms with E-state index in [1.54, 1.807) is 7.11 Å². The number of hydrogen-bond acceptors (Lipinski definition) is 3. The first-order valence-corrected chi connectivity index (χ1v) is 9.35. The number of ether oxygens (including phenoxy) is 1. The number of nitrogens with one attached hydrogen (secondary N) is 1. The number of hydrogen-bond donors (Lipinski definition) is 1. The summed E-state index contributed by atoms with van der Waals surface area (Å²) in [6, 6.07) is 17.1. The van der Waals surface area contributed by atoms with Crippen LogP contribution >= 0.6 is 0 Å². The van der Waals surface area contributed by atoms with Gasteiger partial charge < -0.3 is 10.1 Å². The predicted molar refractivity (Wildman–Crippen MR) is 104 cm³/mol. The molecule has 2 aromatic carbocycles. The Kier molecular flexibility index (Phi) is 6.48. The lowest BCUT2D eigenvalue weighted by atomic mass is 9.96. The third kappa shape index (κ3) is 5.32. The Balaban J connectivity index is 1.40. The van der Waals surface area contributed by atoms with Crippen LogP contribution in [0.3, 0.4) is 0 Å². The first-order chi connectivity index (χ1) is 12.2. The summed E-state index contributed by atoms with van der Waals surface area (Å²) in [5.41, 5.74) is 4.01. The monoisotopic (exact) mass is 338 g/mol. The van der Waals surface area contributed by atoms with Crippen molar-refractivity contribution in [3.05, 3.63) is 65.2 Å². The molecule has 0 amide bonds. The zero-order valence-corrected chi connectivity index (χ0v) is 15.5. The van der Waals surface area contributed by atoms with Crippen LogP contribution in [-0.2, 0) is 13.1 Å². The highest BCUT2D eigenvalue weighted by Gasteiger charge is 2.19. The van der Waals surface area contributed by atoms with Crippen LogP contribution in [0.5, 0.6) is 5.75 Å². The normalized spacial score (nSPS) is 16.1. The number of rotatable bonds is 7. The molecule has 1 N–H and O–H groups in total. The molecule has 1 heterocycles. The van der Waals surface area contributed by atoms with Crippen LogP contribution in [0.4, 0.5) is 0 Å². The van der Waals surface area contributed by atoms with E-state index in [4.69, 9.17) is 4.74 Å². The van der Waals surface area contributed by atoms with Crippen LogP contribution in [-0.4, -0.2) is 31.6 Å². The Labute approximate surface area is 152 Å². The van der Waals surface area contributed by atoms with Gasteiger partial charge in [0.25, 0.3) is 0 Å². The van der Waals surface area contributed by atoms with Crippen molar-refractivity contribution in [2.24, 2.45) is 5.92 Å². The van der Waals surface area contributed by atoms with Gasteiger partial charge in [-0.2, -0.15) is 0 Å². The third-order valence-electron chi connectivity index (χ3n) is 5.14. The molecule has 0 unspecified atom stereocenters. The molecule has 134 valence electrons. The minimum Gasteiger partial charge on any atom is -0.496 e. The summed E-state index contributed by atoms with van der Waals surface area (Å²) in [4.78, 5) is 2.55. The summed E-state index contributed by atoms with van der Waals surface area (Å²) in [5.74, 6) is 1.79. The summed E-state index contributed by atoms with van der Waals surface area (Å²) in [6.45, 7) is 7.59. The molecule has 0 bridgehead atoms. The summed E-state index contributed by atoms with van der Waals surface area (Å²) < 4.78 is 5.47. The second kappa shape index (κ2) is 9.02. The van der Waals surface area contributed by atoms with Crippen LogP contribution < -0.4 is 10.1 Å². The quantitative estimate of drug-likeness (QED) is 0.826. The van der Waals surface area contributed by atoms with E-state index in [0.717, 1.165) is 31.3 Å². The highest BCUT2D eigenvalue weighted by atomic mass is 16.5. The molecule has 2 aromatic rings. The first kappa shape index (κ1) is 18.0. The molecule has 1 fully saturated rings. The maximum absolute atomic E-state index is 5.47. The van der Waals surface area contributed by atoms with Crippen molar-refractivity contribution in [3.63, 3.8) is 0 Å². The molecule has 0 aliphatic carbocycles. The van der Waals surface area contributed by atoms with E-state index in [9.17, 15) is 0 Å². The van der Waals surface area contributed by atoms with Gasteiger partial charge in [0.1, 0.15) is 5.75 Å². The second-order valence-corrected chi connectivity index (χ2v) is 7.15. The van der Waals surface area contributed by atoms with Gasteiger partial charge >= 0.3 is 0 Å². The summed E-state index contributed by atoms with van der Waals surface area (Å²) in [7, 11) is 1.75. The largest absolute Gasteiger partial charge is 0.496 e. The number of nitrogens with zero attached hydrogens (tertiary/aromatic N) is 1. The zero-order chi connectivity index (χ0) is 17.5. The molecule has 0 radical (unpaired) electrons. The Morgan fingerprint density at radius 1 is 1.08 bits per heavy atom. The molecule has 3 heteroatoms. The number of likely N-dealkylation sites (tertiary alicyclic amines) is 1. The lowest BCUT2D eigenvalue weighted by molar-refractivity contribution is 0.174. The van der Waals surface area contributed by atoms with Crippen LogP contribution in [0.25, 0.3) is 0 Å². The fourth-order valence-corrected chi connectivity index (χ4v) is 3.67. The number of methoxy groups -OCH3 is 1.